The fourth-order valence-corrected chi connectivity index (χ4v) is 6.81. The third-order valence-corrected chi connectivity index (χ3v) is 8.59. The van der Waals surface area contributed by atoms with E-state index < -0.39 is 0 Å². The number of ether oxygens (including phenoxy) is 2. The Morgan fingerprint density at radius 3 is 2.50 bits per heavy atom. The summed E-state index contributed by atoms with van der Waals surface area (Å²) in [6, 6.07) is 6.32. The molecular formula is C28H40O4. The number of esters is 2. The molecule has 0 aromatic heterocycles. The minimum absolute atomic E-state index is 0.00384. The van der Waals surface area contributed by atoms with Gasteiger partial charge < -0.3 is 9.47 Å². The highest BCUT2D eigenvalue weighted by molar-refractivity contribution is 5.72. The first-order valence-corrected chi connectivity index (χ1v) is 13.0. The molecule has 176 valence electrons. The van der Waals surface area contributed by atoms with Crippen LogP contribution in [0.1, 0.15) is 108 Å². The van der Waals surface area contributed by atoms with Crippen molar-refractivity contribution in [2.24, 2.45) is 17.3 Å². The molecule has 1 aromatic carbocycles. The van der Waals surface area contributed by atoms with E-state index in [9.17, 15) is 9.59 Å². The molecule has 32 heavy (non-hydrogen) atoms. The van der Waals surface area contributed by atoms with Crippen molar-refractivity contribution in [2.45, 2.75) is 110 Å². The van der Waals surface area contributed by atoms with E-state index in [1.165, 1.54) is 24.0 Å². The van der Waals surface area contributed by atoms with Gasteiger partial charge in [0.25, 0.3) is 0 Å². The Labute approximate surface area is 193 Å². The molecule has 0 amide bonds. The van der Waals surface area contributed by atoms with Crippen molar-refractivity contribution in [1.82, 2.24) is 0 Å². The minimum atomic E-state index is -0.126. The highest BCUT2D eigenvalue weighted by Gasteiger charge is 2.56. The molecular weight excluding hydrogens is 400 g/mol. The predicted octanol–water partition coefficient (Wildman–Crippen LogP) is 6.74. The number of fused-ring (bicyclic) bond motifs is 5. The Morgan fingerprint density at radius 1 is 1.00 bits per heavy atom. The number of carbonyl (C=O) groups is 2. The van der Waals surface area contributed by atoms with E-state index in [-0.39, 0.29) is 23.5 Å². The number of carbonyl (C=O) groups excluding carboxylic acids is 2. The molecule has 2 fully saturated rings. The lowest BCUT2D eigenvalue weighted by atomic mass is 9.55. The molecule has 4 nitrogen and oxygen atoms in total. The van der Waals surface area contributed by atoms with Gasteiger partial charge in [0, 0.05) is 18.3 Å². The minimum Gasteiger partial charge on any atom is -0.462 e. The van der Waals surface area contributed by atoms with Gasteiger partial charge in [0.15, 0.2) is 0 Å². The van der Waals surface area contributed by atoms with Gasteiger partial charge in [-0.3, -0.25) is 9.59 Å². The standard InChI is InChI=1S/C28H40O4/c1-4-6-8-26(29)31-20-11-13-21-19(18-20)10-12-23-22(21)16-17-28(3)24(23)14-15-25(28)32-27(30)9-7-5-2/h11,13,18,22-25H,4-10,12,14-17H2,1-3H3. The van der Waals surface area contributed by atoms with Crippen LogP contribution in [0.2, 0.25) is 0 Å². The molecule has 0 heterocycles. The van der Waals surface area contributed by atoms with Gasteiger partial charge in [-0.15, -0.1) is 0 Å². The molecule has 0 saturated heterocycles. The van der Waals surface area contributed by atoms with Gasteiger partial charge in [-0.05, 0) is 92.4 Å². The van der Waals surface area contributed by atoms with E-state index in [1.54, 1.807) is 0 Å². The Balaban J connectivity index is 1.44. The number of hydrogen-bond donors (Lipinski definition) is 0. The highest BCUT2D eigenvalue weighted by atomic mass is 16.5. The summed E-state index contributed by atoms with van der Waals surface area (Å²) >= 11 is 0. The molecule has 1 aromatic rings. The lowest BCUT2D eigenvalue weighted by Gasteiger charge is -2.50. The maximum absolute atomic E-state index is 12.3. The fraction of sp³-hybridized carbons (Fsp3) is 0.714. The van der Waals surface area contributed by atoms with Gasteiger partial charge in [-0.25, -0.2) is 0 Å². The van der Waals surface area contributed by atoms with Crippen molar-refractivity contribution in [2.75, 3.05) is 0 Å². The van der Waals surface area contributed by atoms with E-state index in [0.29, 0.717) is 36.3 Å². The molecule has 3 aliphatic carbocycles. The monoisotopic (exact) mass is 440 g/mol. The van der Waals surface area contributed by atoms with E-state index in [0.717, 1.165) is 51.4 Å². The summed E-state index contributed by atoms with van der Waals surface area (Å²) in [5.74, 6) is 2.44. The largest absolute Gasteiger partial charge is 0.462 e. The molecule has 0 bridgehead atoms. The summed E-state index contributed by atoms with van der Waals surface area (Å²) in [6.07, 6.45) is 11.7. The number of aryl methyl sites for hydroxylation is 1. The Morgan fingerprint density at radius 2 is 1.75 bits per heavy atom. The molecule has 4 heteroatoms. The number of unbranched alkanes of at least 4 members (excludes halogenated alkanes) is 2. The zero-order chi connectivity index (χ0) is 22.7. The first-order chi connectivity index (χ1) is 15.5. The summed E-state index contributed by atoms with van der Waals surface area (Å²) in [5.41, 5.74) is 2.94. The fourth-order valence-electron chi connectivity index (χ4n) is 6.81. The van der Waals surface area contributed by atoms with Gasteiger partial charge in [0.05, 0.1) is 0 Å². The zero-order valence-electron chi connectivity index (χ0n) is 20.2. The van der Waals surface area contributed by atoms with Crippen LogP contribution in [0.3, 0.4) is 0 Å². The molecule has 0 radical (unpaired) electrons. The van der Waals surface area contributed by atoms with Gasteiger partial charge in [-0.2, -0.15) is 0 Å². The molecule has 4 rings (SSSR count). The molecule has 0 N–H and O–H groups in total. The second kappa shape index (κ2) is 9.97. The normalized spacial score (nSPS) is 30.7. The van der Waals surface area contributed by atoms with Crippen LogP contribution in [0.15, 0.2) is 18.2 Å². The predicted molar refractivity (Wildman–Crippen MR) is 126 cm³/mol. The third kappa shape index (κ3) is 4.61. The summed E-state index contributed by atoms with van der Waals surface area (Å²) in [7, 11) is 0. The van der Waals surface area contributed by atoms with Gasteiger partial charge in [0.1, 0.15) is 11.9 Å². The summed E-state index contributed by atoms with van der Waals surface area (Å²) in [6.45, 7) is 6.58. The summed E-state index contributed by atoms with van der Waals surface area (Å²) in [5, 5.41) is 0. The van der Waals surface area contributed by atoms with Crippen molar-refractivity contribution < 1.29 is 19.1 Å². The van der Waals surface area contributed by atoms with Crippen molar-refractivity contribution >= 4 is 11.9 Å². The Bertz CT molecular complexity index is 831. The van der Waals surface area contributed by atoms with Crippen LogP contribution in [-0.4, -0.2) is 18.0 Å². The van der Waals surface area contributed by atoms with Crippen LogP contribution in [0.25, 0.3) is 0 Å². The Kier molecular flexibility index (Phi) is 7.27. The summed E-state index contributed by atoms with van der Waals surface area (Å²) < 4.78 is 11.6. The van der Waals surface area contributed by atoms with Crippen LogP contribution in [0.4, 0.5) is 0 Å². The maximum Gasteiger partial charge on any atom is 0.311 e. The van der Waals surface area contributed by atoms with E-state index in [1.807, 2.05) is 6.07 Å². The van der Waals surface area contributed by atoms with Crippen LogP contribution in [0, 0.1) is 17.3 Å². The van der Waals surface area contributed by atoms with Crippen LogP contribution in [-0.2, 0) is 20.7 Å². The molecule has 2 saturated carbocycles. The number of hydrogen-bond acceptors (Lipinski definition) is 4. The van der Waals surface area contributed by atoms with Crippen LogP contribution >= 0.6 is 0 Å². The molecule has 5 atom stereocenters. The maximum atomic E-state index is 12.3. The van der Waals surface area contributed by atoms with Gasteiger partial charge in [0.2, 0.25) is 0 Å². The third-order valence-electron chi connectivity index (χ3n) is 8.59. The SMILES string of the molecule is CCCCC(=O)Oc1ccc2c(c1)CCC1C2CCC2(C)C(OC(=O)CCCC)CCC12. The quantitative estimate of drug-likeness (QED) is 0.332. The van der Waals surface area contributed by atoms with Crippen molar-refractivity contribution in [3.05, 3.63) is 29.3 Å². The highest BCUT2D eigenvalue weighted by Crippen LogP contribution is 2.61. The van der Waals surface area contributed by atoms with E-state index in [2.05, 4.69) is 32.9 Å². The molecule has 0 aliphatic heterocycles. The second-order valence-corrected chi connectivity index (χ2v) is 10.6. The topological polar surface area (TPSA) is 52.6 Å². The van der Waals surface area contributed by atoms with Crippen molar-refractivity contribution in [1.29, 1.82) is 0 Å². The lowest BCUT2D eigenvalue weighted by molar-refractivity contribution is -0.157. The van der Waals surface area contributed by atoms with Crippen LogP contribution < -0.4 is 4.74 Å². The lowest BCUT2D eigenvalue weighted by Crippen LogP contribution is -2.45. The first kappa shape index (κ1) is 23.3. The zero-order valence-corrected chi connectivity index (χ0v) is 20.2. The van der Waals surface area contributed by atoms with Crippen LogP contribution in [0.5, 0.6) is 5.75 Å². The molecule has 0 spiro atoms. The van der Waals surface area contributed by atoms with Crippen molar-refractivity contribution in [3.8, 4) is 5.75 Å². The van der Waals surface area contributed by atoms with E-state index >= 15 is 0 Å². The number of benzene rings is 1. The second-order valence-electron chi connectivity index (χ2n) is 10.6. The number of rotatable bonds is 8. The molecule has 3 aliphatic rings. The average Bonchev–Trinajstić information content (AvgIpc) is 3.12. The first-order valence-electron chi connectivity index (χ1n) is 13.0. The molecule has 5 unspecified atom stereocenters. The van der Waals surface area contributed by atoms with Gasteiger partial charge in [-0.1, -0.05) is 39.7 Å². The van der Waals surface area contributed by atoms with Gasteiger partial charge >= 0.3 is 11.9 Å². The summed E-state index contributed by atoms with van der Waals surface area (Å²) in [4.78, 5) is 24.4. The average molecular weight is 441 g/mol. The van der Waals surface area contributed by atoms with Crippen molar-refractivity contribution in [3.63, 3.8) is 0 Å². The van der Waals surface area contributed by atoms with E-state index in [4.69, 9.17) is 9.47 Å². The smallest absolute Gasteiger partial charge is 0.311 e. The Hall–Kier alpha value is -1.84.